The lowest BCUT2D eigenvalue weighted by atomic mass is 9.63. The van der Waals surface area contributed by atoms with Crippen molar-refractivity contribution in [2.45, 2.75) is 57.3 Å². The summed E-state index contributed by atoms with van der Waals surface area (Å²) < 4.78 is 67.4. The molecule has 2 aliphatic carbocycles. The van der Waals surface area contributed by atoms with E-state index in [2.05, 4.69) is 11.3 Å². The van der Waals surface area contributed by atoms with Gasteiger partial charge in [0.05, 0.1) is 12.7 Å². The van der Waals surface area contributed by atoms with Gasteiger partial charge < -0.3 is 9.47 Å². The van der Waals surface area contributed by atoms with Crippen molar-refractivity contribution in [2.24, 2.45) is 17.8 Å². The van der Waals surface area contributed by atoms with Crippen molar-refractivity contribution >= 4 is 5.97 Å². The smallest absolute Gasteiger partial charge is 0.343 e. The van der Waals surface area contributed by atoms with Gasteiger partial charge in [-0.3, -0.25) is 0 Å². The van der Waals surface area contributed by atoms with E-state index < -0.39 is 40.7 Å². The van der Waals surface area contributed by atoms with Gasteiger partial charge in [-0.15, -0.1) is 6.58 Å². The molecule has 2 saturated carbocycles. The molecule has 188 valence electrons. The van der Waals surface area contributed by atoms with E-state index in [1.807, 2.05) is 6.08 Å². The summed E-state index contributed by atoms with van der Waals surface area (Å²) >= 11 is 0. The van der Waals surface area contributed by atoms with Gasteiger partial charge in [0.25, 0.3) is 0 Å². The molecule has 0 bridgehead atoms. The van der Waals surface area contributed by atoms with Crippen LogP contribution in [0.3, 0.4) is 0 Å². The molecule has 0 radical (unpaired) electrons. The Morgan fingerprint density at radius 1 is 0.943 bits per heavy atom. The molecule has 7 heteroatoms. The average molecular weight is 491 g/mol. The van der Waals surface area contributed by atoms with E-state index >= 15 is 8.78 Å². The second kappa shape index (κ2) is 10.8. The molecule has 0 aromatic heterocycles. The van der Waals surface area contributed by atoms with Crippen molar-refractivity contribution in [3.05, 3.63) is 71.3 Å². The Balaban J connectivity index is 1.45. The van der Waals surface area contributed by atoms with Crippen molar-refractivity contribution in [3.63, 3.8) is 0 Å². The highest BCUT2D eigenvalue weighted by Gasteiger charge is 2.37. The third-order valence-corrected chi connectivity index (χ3v) is 7.61. The zero-order valence-corrected chi connectivity index (χ0v) is 19.8. The number of carbonyl (C=O) groups excluding carboxylic acids is 1. The number of allylic oxidation sites excluding steroid dienone is 1. The van der Waals surface area contributed by atoms with E-state index in [1.54, 1.807) is 0 Å². The summed E-state index contributed by atoms with van der Waals surface area (Å²) in [4.78, 5) is 12.4. The van der Waals surface area contributed by atoms with Gasteiger partial charge in [0.2, 0.25) is 0 Å². The average Bonchev–Trinajstić information content (AvgIpc) is 2.82. The third kappa shape index (κ3) is 5.54. The molecule has 35 heavy (non-hydrogen) atoms. The minimum absolute atomic E-state index is 0.00955. The Morgan fingerprint density at radius 2 is 1.57 bits per heavy atom. The van der Waals surface area contributed by atoms with Crippen LogP contribution >= 0.6 is 0 Å². The summed E-state index contributed by atoms with van der Waals surface area (Å²) in [5, 5.41) is 0. The Morgan fingerprint density at radius 3 is 2.20 bits per heavy atom. The first-order valence-electron chi connectivity index (χ1n) is 12.2. The van der Waals surface area contributed by atoms with Crippen molar-refractivity contribution in [3.8, 4) is 11.5 Å². The number of carbonyl (C=O) groups is 1. The van der Waals surface area contributed by atoms with E-state index in [-0.39, 0.29) is 17.0 Å². The van der Waals surface area contributed by atoms with Crippen LogP contribution in [-0.2, 0) is 0 Å². The van der Waals surface area contributed by atoms with Crippen LogP contribution in [0, 0.1) is 41.0 Å². The van der Waals surface area contributed by atoms with Crippen LogP contribution in [-0.4, -0.2) is 13.1 Å². The van der Waals surface area contributed by atoms with E-state index in [0.717, 1.165) is 69.9 Å². The normalized spacial score (nSPS) is 23.9. The summed E-state index contributed by atoms with van der Waals surface area (Å²) in [6.07, 6.45) is 9.92. The first kappa shape index (κ1) is 25.3. The number of fused-ring (bicyclic) bond motifs is 1. The van der Waals surface area contributed by atoms with Crippen molar-refractivity contribution < 1.29 is 31.8 Å². The molecule has 2 fully saturated rings. The minimum Gasteiger partial charge on any atom is -0.491 e. The van der Waals surface area contributed by atoms with Gasteiger partial charge in [0.15, 0.2) is 17.4 Å². The van der Waals surface area contributed by atoms with Crippen LogP contribution in [0.4, 0.5) is 17.6 Å². The standard InChI is InChI=1S/C28H30F4O3/c1-3-4-5-16-6-7-18-11-19(9-8-17(18)10-16)26-22(29)12-20(13-23(26)30)28(33)35-21-14-24(31)27(34-2)25(32)15-21/h3,12-19H,1,4-11H2,2H3. The fourth-order valence-corrected chi connectivity index (χ4v) is 5.91. The molecule has 3 nitrogen and oxygen atoms in total. The van der Waals surface area contributed by atoms with E-state index in [9.17, 15) is 13.6 Å². The molecule has 2 aliphatic rings. The monoisotopic (exact) mass is 490 g/mol. The maximum Gasteiger partial charge on any atom is 0.343 e. The van der Waals surface area contributed by atoms with Crippen LogP contribution in [0.15, 0.2) is 36.9 Å². The molecular weight excluding hydrogens is 460 g/mol. The highest BCUT2D eigenvalue weighted by atomic mass is 19.1. The molecule has 2 aromatic rings. The zero-order chi connectivity index (χ0) is 25.1. The molecule has 4 atom stereocenters. The Kier molecular flexibility index (Phi) is 7.82. The summed E-state index contributed by atoms with van der Waals surface area (Å²) in [5.74, 6) is -4.37. The van der Waals surface area contributed by atoms with Crippen LogP contribution in [0.5, 0.6) is 11.5 Å². The van der Waals surface area contributed by atoms with Gasteiger partial charge in [0, 0.05) is 17.7 Å². The number of ether oxygens (including phenoxy) is 2. The SMILES string of the molecule is C=CCCC1CCC2CC(c3c(F)cc(C(=O)Oc4cc(F)c(OC)c(F)c4)cc3F)CCC2C1. The van der Waals surface area contributed by atoms with E-state index in [0.29, 0.717) is 24.2 Å². The number of benzene rings is 2. The summed E-state index contributed by atoms with van der Waals surface area (Å²) in [6.45, 7) is 3.80. The van der Waals surface area contributed by atoms with Gasteiger partial charge in [-0.05, 0) is 80.8 Å². The van der Waals surface area contributed by atoms with Crippen LogP contribution in [0.2, 0.25) is 0 Å². The van der Waals surface area contributed by atoms with Crippen molar-refractivity contribution in [1.29, 1.82) is 0 Å². The molecule has 0 N–H and O–H groups in total. The van der Waals surface area contributed by atoms with E-state index in [1.165, 1.54) is 6.42 Å². The lowest BCUT2D eigenvalue weighted by Gasteiger charge is -2.42. The van der Waals surface area contributed by atoms with Gasteiger partial charge in [-0.2, -0.15) is 0 Å². The Hall–Kier alpha value is -2.83. The van der Waals surface area contributed by atoms with Gasteiger partial charge in [-0.25, -0.2) is 22.4 Å². The number of hydrogen-bond donors (Lipinski definition) is 0. The summed E-state index contributed by atoms with van der Waals surface area (Å²) in [5.41, 5.74) is -0.355. The highest BCUT2D eigenvalue weighted by Crippen LogP contribution is 2.49. The zero-order valence-electron chi connectivity index (χ0n) is 19.8. The molecule has 0 aliphatic heterocycles. The largest absolute Gasteiger partial charge is 0.491 e. The van der Waals surface area contributed by atoms with Crippen molar-refractivity contribution in [2.75, 3.05) is 7.11 Å². The van der Waals surface area contributed by atoms with E-state index in [4.69, 9.17) is 4.74 Å². The Labute approximate surface area is 203 Å². The lowest BCUT2D eigenvalue weighted by Crippen LogP contribution is -2.31. The van der Waals surface area contributed by atoms with Gasteiger partial charge >= 0.3 is 5.97 Å². The predicted molar refractivity (Wildman–Crippen MR) is 125 cm³/mol. The van der Waals surface area contributed by atoms with Gasteiger partial charge in [0.1, 0.15) is 17.4 Å². The van der Waals surface area contributed by atoms with Crippen LogP contribution < -0.4 is 9.47 Å². The fraction of sp³-hybridized carbons (Fsp3) is 0.464. The maximum absolute atomic E-state index is 15.1. The maximum atomic E-state index is 15.1. The number of hydrogen-bond acceptors (Lipinski definition) is 3. The Bertz CT molecular complexity index is 1050. The van der Waals surface area contributed by atoms with Gasteiger partial charge in [-0.1, -0.05) is 12.5 Å². The number of halogens is 4. The molecule has 2 aromatic carbocycles. The number of methoxy groups -OCH3 is 1. The molecule has 4 unspecified atom stereocenters. The number of esters is 1. The van der Waals surface area contributed by atoms with Crippen molar-refractivity contribution in [1.82, 2.24) is 0 Å². The molecular formula is C28H30F4O3. The summed E-state index contributed by atoms with van der Waals surface area (Å²) in [6, 6.07) is 3.42. The molecule has 0 heterocycles. The third-order valence-electron chi connectivity index (χ3n) is 7.61. The summed E-state index contributed by atoms with van der Waals surface area (Å²) in [7, 11) is 1.10. The second-order valence-corrected chi connectivity index (χ2v) is 9.74. The van der Waals surface area contributed by atoms with Crippen LogP contribution in [0.1, 0.15) is 73.2 Å². The lowest BCUT2D eigenvalue weighted by molar-refractivity contribution is 0.0732. The topological polar surface area (TPSA) is 35.5 Å². The molecule has 0 spiro atoms. The molecule has 4 rings (SSSR count). The van der Waals surface area contributed by atoms with Crippen LogP contribution in [0.25, 0.3) is 0 Å². The second-order valence-electron chi connectivity index (χ2n) is 9.74. The first-order valence-corrected chi connectivity index (χ1v) is 12.2. The predicted octanol–water partition coefficient (Wildman–Crippen LogP) is 7.74. The highest BCUT2D eigenvalue weighted by molar-refractivity contribution is 5.91. The fourth-order valence-electron chi connectivity index (χ4n) is 5.91. The molecule has 0 saturated heterocycles. The molecule has 0 amide bonds. The quantitative estimate of drug-likeness (QED) is 0.172. The number of rotatable bonds is 7. The minimum atomic E-state index is -1.11. The first-order chi connectivity index (χ1) is 16.8.